The highest BCUT2D eigenvalue weighted by Gasteiger charge is 2.37. The quantitative estimate of drug-likeness (QED) is 0.623. The van der Waals surface area contributed by atoms with Crippen molar-refractivity contribution in [1.82, 2.24) is 19.8 Å². The van der Waals surface area contributed by atoms with Crippen molar-refractivity contribution in [3.8, 4) is 0 Å². The highest BCUT2D eigenvalue weighted by atomic mass is 19.1. The molecule has 0 bridgehead atoms. The first-order chi connectivity index (χ1) is 15.6. The summed E-state index contributed by atoms with van der Waals surface area (Å²) in [4.78, 5) is 44.6. The summed E-state index contributed by atoms with van der Waals surface area (Å²) in [6.45, 7) is 10.7. The molecule has 7 nitrogen and oxygen atoms in total. The number of halogens is 1. The highest BCUT2D eigenvalue weighted by Crippen LogP contribution is 2.28. The Morgan fingerprint density at radius 1 is 1.30 bits per heavy atom. The minimum Gasteiger partial charge on any atom is -0.352 e. The minimum atomic E-state index is -0.560. The van der Waals surface area contributed by atoms with Gasteiger partial charge in [0.05, 0.1) is 0 Å². The molecule has 174 valence electrons. The van der Waals surface area contributed by atoms with Gasteiger partial charge in [0.15, 0.2) is 0 Å². The maximum Gasteiger partial charge on any atom is 0.265 e. The van der Waals surface area contributed by atoms with Gasteiger partial charge in [-0.25, -0.2) is 9.37 Å². The first kappa shape index (κ1) is 24.1. The van der Waals surface area contributed by atoms with Crippen molar-refractivity contribution in [2.45, 2.75) is 33.7 Å². The van der Waals surface area contributed by atoms with Gasteiger partial charge in [-0.2, -0.15) is 0 Å². The van der Waals surface area contributed by atoms with Crippen molar-refractivity contribution in [2.24, 2.45) is 5.41 Å². The topological polar surface area (TPSA) is 84.3 Å². The number of amides is 2. The van der Waals surface area contributed by atoms with E-state index in [0.717, 1.165) is 11.6 Å². The molecule has 3 heterocycles. The van der Waals surface area contributed by atoms with Crippen LogP contribution in [0.15, 0.2) is 65.4 Å². The van der Waals surface area contributed by atoms with Gasteiger partial charge in [-0.15, -0.1) is 0 Å². The second kappa shape index (κ2) is 9.94. The zero-order valence-electron chi connectivity index (χ0n) is 19.2. The zero-order chi connectivity index (χ0) is 24.2. The molecule has 1 saturated heterocycles. The zero-order valence-corrected chi connectivity index (χ0v) is 19.2. The Hall–Kier alpha value is -3.55. The van der Waals surface area contributed by atoms with Crippen LogP contribution in [-0.4, -0.2) is 45.9 Å². The lowest BCUT2D eigenvalue weighted by Gasteiger charge is -2.45. The number of carbonyl (C=O) groups is 2. The molecule has 0 spiro atoms. The molecule has 1 aliphatic rings. The molecule has 0 saturated carbocycles. The third-order valence-corrected chi connectivity index (χ3v) is 5.50. The van der Waals surface area contributed by atoms with Crippen LogP contribution in [0.25, 0.3) is 11.0 Å². The van der Waals surface area contributed by atoms with Gasteiger partial charge in [-0.05, 0) is 49.1 Å². The molecule has 1 N–H and O–H groups in total. The fourth-order valence-electron chi connectivity index (χ4n) is 3.76. The molecule has 33 heavy (non-hydrogen) atoms. The minimum absolute atomic E-state index is 0.0496. The number of aromatic nitrogens is 2. The number of hydrogen-bond donors (Lipinski definition) is 1. The molecule has 8 heteroatoms. The largest absolute Gasteiger partial charge is 0.352 e. The highest BCUT2D eigenvalue weighted by molar-refractivity contribution is 5.97. The summed E-state index contributed by atoms with van der Waals surface area (Å²) >= 11 is 0. The second-order valence-electron chi connectivity index (χ2n) is 9.05. The van der Waals surface area contributed by atoms with Crippen molar-refractivity contribution in [3.63, 3.8) is 0 Å². The smallest absolute Gasteiger partial charge is 0.265 e. The first-order valence-electron chi connectivity index (χ1n) is 10.8. The molecule has 0 radical (unpaired) electrons. The van der Waals surface area contributed by atoms with E-state index in [-0.39, 0.29) is 30.0 Å². The van der Waals surface area contributed by atoms with Gasteiger partial charge in [-0.1, -0.05) is 32.1 Å². The Labute approximate surface area is 192 Å². The van der Waals surface area contributed by atoms with Crippen LogP contribution in [0.5, 0.6) is 0 Å². The van der Waals surface area contributed by atoms with Crippen LogP contribution in [-0.2, 0) is 11.3 Å². The standard InChI is InChI=1S/C25H29FN4O3/c1-5-19(26)9-8-17(2)10-12-28-23(32)20-13-18-7-6-11-27-22(18)30(24(20)33)14-21(31)29-15-25(3,4)16-29/h5-9,11,13H,1,10,12,14-16H2,2-4H3,(H,28,32). The monoisotopic (exact) mass is 452 g/mol. The van der Waals surface area contributed by atoms with E-state index in [1.54, 1.807) is 29.3 Å². The van der Waals surface area contributed by atoms with Crippen LogP contribution in [0, 0.1) is 5.41 Å². The van der Waals surface area contributed by atoms with Crippen molar-refractivity contribution in [2.75, 3.05) is 19.6 Å². The Bertz CT molecular complexity index is 1200. The van der Waals surface area contributed by atoms with E-state index < -0.39 is 17.3 Å². The Balaban J connectivity index is 1.78. The predicted molar refractivity (Wildman–Crippen MR) is 126 cm³/mol. The van der Waals surface area contributed by atoms with Crippen molar-refractivity contribution in [1.29, 1.82) is 0 Å². The number of pyridine rings is 2. The van der Waals surface area contributed by atoms with Crippen molar-refractivity contribution < 1.29 is 14.0 Å². The lowest BCUT2D eigenvalue weighted by molar-refractivity contribution is -0.142. The van der Waals surface area contributed by atoms with Crippen LogP contribution in [0.2, 0.25) is 0 Å². The Morgan fingerprint density at radius 3 is 2.70 bits per heavy atom. The molecule has 0 atom stereocenters. The summed E-state index contributed by atoms with van der Waals surface area (Å²) in [6, 6.07) is 4.96. The van der Waals surface area contributed by atoms with E-state index in [1.807, 2.05) is 6.92 Å². The maximum atomic E-state index is 13.1. The van der Waals surface area contributed by atoms with E-state index in [9.17, 15) is 18.8 Å². The van der Waals surface area contributed by atoms with Crippen LogP contribution in [0.4, 0.5) is 4.39 Å². The summed E-state index contributed by atoms with van der Waals surface area (Å²) in [5.74, 6) is -1.15. The van der Waals surface area contributed by atoms with Gasteiger partial charge in [0, 0.05) is 31.2 Å². The molecule has 1 fully saturated rings. The maximum absolute atomic E-state index is 13.1. The van der Waals surface area contributed by atoms with E-state index in [1.165, 1.54) is 16.7 Å². The molecule has 2 amide bonds. The van der Waals surface area contributed by atoms with Crippen LogP contribution in [0.1, 0.15) is 37.6 Å². The third kappa shape index (κ3) is 5.83. The molecule has 0 aliphatic carbocycles. The Kier molecular flexibility index (Phi) is 7.26. The van der Waals surface area contributed by atoms with E-state index in [0.29, 0.717) is 30.5 Å². The fraction of sp³-hybridized carbons (Fsp3) is 0.360. The molecule has 2 aromatic heterocycles. The molecular weight excluding hydrogens is 423 g/mol. The summed E-state index contributed by atoms with van der Waals surface area (Å²) in [5, 5.41) is 3.33. The van der Waals surface area contributed by atoms with Crippen LogP contribution < -0.4 is 10.9 Å². The lowest BCUT2D eigenvalue weighted by Crippen LogP contribution is -2.56. The summed E-state index contributed by atoms with van der Waals surface area (Å²) < 4.78 is 14.4. The number of allylic oxidation sites excluding steroid dienone is 4. The molecule has 3 rings (SSSR count). The second-order valence-corrected chi connectivity index (χ2v) is 9.05. The van der Waals surface area contributed by atoms with Gasteiger partial charge in [0.2, 0.25) is 5.91 Å². The summed E-state index contributed by atoms with van der Waals surface area (Å²) in [5.41, 5.74) is 0.682. The predicted octanol–water partition coefficient (Wildman–Crippen LogP) is 3.37. The Morgan fingerprint density at radius 2 is 2.03 bits per heavy atom. The number of fused-ring (bicyclic) bond motifs is 1. The number of nitrogens with one attached hydrogen (secondary N) is 1. The average molecular weight is 453 g/mol. The van der Waals surface area contributed by atoms with E-state index in [2.05, 4.69) is 30.7 Å². The normalized spacial score (nSPS) is 15.8. The number of rotatable bonds is 8. The third-order valence-electron chi connectivity index (χ3n) is 5.50. The number of hydrogen-bond acceptors (Lipinski definition) is 4. The van der Waals surface area contributed by atoms with Gasteiger partial charge in [-0.3, -0.25) is 19.0 Å². The van der Waals surface area contributed by atoms with Crippen molar-refractivity contribution >= 4 is 22.8 Å². The van der Waals surface area contributed by atoms with Gasteiger partial charge >= 0.3 is 0 Å². The van der Waals surface area contributed by atoms with E-state index >= 15 is 0 Å². The fourth-order valence-corrected chi connectivity index (χ4v) is 3.76. The molecule has 1 aliphatic heterocycles. The number of carbonyl (C=O) groups excluding carboxylic acids is 2. The molecule has 0 aromatic carbocycles. The summed E-state index contributed by atoms with van der Waals surface area (Å²) in [7, 11) is 0. The van der Waals surface area contributed by atoms with Crippen LogP contribution in [0.3, 0.4) is 0 Å². The van der Waals surface area contributed by atoms with Gasteiger partial charge in [0.1, 0.15) is 23.6 Å². The molecule has 2 aromatic rings. The van der Waals surface area contributed by atoms with E-state index in [4.69, 9.17) is 0 Å². The first-order valence-corrected chi connectivity index (χ1v) is 10.8. The van der Waals surface area contributed by atoms with Gasteiger partial charge in [0.25, 0.3) is 11.5 Å². The SMILES string of the molecule is C=CC(F)=CC=C(C)CCNC(=O)c1cc2cccnc2n(CC(=O)N2CC(C)(C)C2)c1=O. The number of nitrogens with zero attached hydrogens (tertiary/aromatic N) is 3. The molecular formula is C25H29FN4O3. The summed E-state index contributed by atoms with van der Waals surface area (Å²) in [6.07, 6.45) is 6.06. The average Bonchev–Trinajstić information content (AvgIpc) is 2.77. The lowest BCUT2D eigenvalue weighted by atomic mass is 9.84. The molecule has 0 unspecified atom stereocenters. The van der Waals surface area contributed by atoms with Crippen LogP contribution >= 0.6 is 0 Å². The van der Waals surface area contributed by atoms with Crippen molar-refractivity contribution in [3.05, 3.63) is 76.5 Å². The number of likely N-dealkylation sites (tertiary alicyclic amines) is 1. The van der Waals surface area contributed by atoms with Gasteiger partial charge < -0.3 is 10.2 Å².